The fourth-order valence-corrected chi connectivity index (χ4v) is 2.51. The molecular weight excluding hydrogens is 240 g/mol. The predicted molar refractivity (Wildman–Crippen MR) is 74.9 cm³/mol. The van der Waals surface area contributed by atoms with Crippen molar-refractivity contribution in [3.05, 3.63) is 35.9 Å². The lowest BCUT2D eigenvalue weighted by Gasteiger charge is -2.23. The van der Waals surface area contributed by atoms with E-state index in [1.807, 2.05) is 37.3 Å². The largest absolute Gasteiger partial charge is 0.387 e. The summed E-state index contributed by atoms with van der Waals surface area (Å²) in [5.41, 5.74) is 0.240. The van der Waals surface area contributed by atoms with Crippen molar-refractivity contribution < 1.29 is 9.90 Å². The number of nitrogens with one attached hydrogen (secondary N) is 2. The molecule has 1 aliphatic heterocycles. The van der Waals surface area contributed by atoms with Crippen LogP contribution in [0.4, 0.5) is 0 Å². The summed E-state index contributed by atoms with van der Waals surface area (Å²) in [5.74, 6) is -0.145. The van der Waals surface area contributed by atoms with E-state index >= 15 is 0 Å². The van der Waals surface area contributed by atoms with Crippen molar-refractivity contribution in [2.75, 3.05) is 19.6 Å². The summed E-state index contributed by atoms with van der Waals surface area (Å²) in [6, 6.07) is 9.78. The molecule has 1 aromatic carbocycles. The van der Waals surface area contributed by atoms with Gasteiger partial charge in [0.2, 0.25) is 5.91 Å². The van der Waals surface area contributed by atoms with Crippen LogP contribution in [0.25, 0.3) is 0 Å². The molecule has 0 radical (unpaired) electrons. The molecule has 2 unspecified atom stereocenters. The molecular formula is C15H22N2O2. The van der Waals surface area contributed by atoms with E-state index < -0.39 is 5.60 Å². The van der Waals surface area contributed by atoms with Crippen molar-refractivity contribution in [2.24, 2.45) is 0 Å². The van der Waals surface area contributed by atoms with Crippen molar-refractivity contribution in [1.82, 2.24) is 10.6 Å². The van der Waals surface area contributed by atoms with E-state index in [0.717, 1.165) is 18.5 Å². The lowest BCUT2D eigenvalue weighted by atomic mass is 9.95. The topological polar surface area (TPSA) is 61.4 Å². The third-order valence-corrected chi connectivity index (χ3v) is 3.74. The SMILES string of the molecule is CCC(C(=O)NCC1(O)CCNC1)c1ccccc1. The van der Waals surface area contributed by atoms with Gasteiger partial charge in [0.25, 0.3) is 0 Å². The summed E-state index contributed by atoms with van der Waals surface area (Å²) >= 11 is 0. The Bertz CT molecular complexity index is 413. The van der Waals surface area contributed by atoms with Crippen molar-refractivity contribution in [3.63, 3.8) is 0 Å². The maximum Gasteiger partial charge on any atom is 0.227 e. The van der Waals surface area contributed by atoms with Crippen molar-refractivity contribution in [1.29, 1.82) is 0 Å². The smallest absolute Gasteiger partial charge is 0.227 e. The normalized spacial score (nSPS) is 24.1. The molecule has 2 atom stereocenters. The van der Waals surface area contributed by atoms with Gasteiger partial charge >= 0.3 is 0 Å². The lowest BCUT2D eigenvalue weighted by molar-refractivity contribution is -0.123. The van der Waals surface area contributed by atoms with Gasteiger partial charge in [0, 0.05) is 13.1 Å². The Morgan fingerprint density at radius 2 is 2.21 bits per heavy atom. The van der Waals surface area contributed by atoms with Gasteiger partial charge in [-0.1, -0.05) is 37.3 Å². The van der Waals surface area contributed by atoms with Gasteiger partial charge in [-0.25, -0.2) is 0 Å². The summed E-state index contributed by atoms with van der Waals surface area (Å²) in [7, 11) is 0. The molecule has 1 heterocycles. The van der Waals surface area contributed by atoms with E-state index in [-0.39, 0.29) is 11.8 Å². The second-order valence-corrected chi connectivity index (χ2v) is 5.24. The Kier molecular flexibility index (Phi) is 4.56. The van der Waals surface area contributed by atoms with Gasteiger partial charge in [0.15, 0.2) is 0 Å². The molecule has 1 amide bonds. The van der Waals surface area contributed by atoms with Gasteiger partial charge in [0.05, 0.1) is 11.5 Å². The van der Waals surface area contributed by atoms with Crippen LogP contribution in [0.1, 0.15) is 31.2 Å². The minimum Gasteiger partial charge on any atom is -0.387 e. The van der Waals surface area contributed by atoms with Crippen molar-refractivity contribution in [2.45, 2.75) is 31.3 Å². The molecule has 4 heteroatoms. The first-order valence-corrected chi connectivity index (χ1v) is 6.90. The lowest BCUT2D eigenvalue weighted by Crippen LogP contribution is -2.45. The molecule has 19 heavy (non-hydrogen) atoms. The van der Waals surface area contributed by atoms with Crippen LogP contribution in [0, 0.1) is 0 Å². The van der Waals surface area contributed by atoms with Crippen LogP contribution in [0.3, 0.4) is 0 Å². The van der Waals surface area contributed by atoms with E-state index in [1.165, 1.54) is 0 Å². The maximum atomic E-state index is 12.2. The zero-order chi connectivity index (χ0) is 13.7. The molecule has 0 aliphatic carbocycles. The highest BCUT2D eigenvalue weighted by molar-refractivity contribution is 5.83. The molecule has 0 bridgehead atoms. The predicted octanol–water partition coefficient (Wildman–Crippen LogP) is 1.02. The number of β-amino-alcohol motifs (C(OH)–C–C–N with tert-alkyl or cyclic N) is 1. The first-order chi connectivity index (χ1) is 9.14. The fraction of sp³-hybridized carbons (Fsp3) is 0.533. The van der Waals surface area contributed by atoms with Gasteiger partial charge in [-0.05, 0) is 24.9 Å². The highest BCUT2D eigenvalue weighted by atomic mass is 16.3. The number of hydrogen-bond donors (Lipinski definition) is 3. The van der Waals surface area contributed by atoms with Gasteiger partial charge < -0.3 is 15.7 Å². The van der Waals surface area contributed by atoms with Crippen LogP contribution in [0.15, 0.2) is 30.3 Å². The number of amides is 1. The van der Waals surface area contributed by atoms with Crippen LogP contribution < -0.4 is 10.6 Å². The number of rotatable bonds is 5. The Hall–Kier alpha value is -1.39. The Morgan fingerprint density at radius 3 is 2.79 bits per heavy atom. The van der Waals surface area contributed by atoms with Crippen LogP contribution >= 0.6 is 0 Å². The van der Waals surface area contributed by atoms with Crippen LogP contribution in [-0.2, 0) is 4.79 Å². The number of aliphatic hydroxyl groups is 1. The Morgan fingerprint density at radius 1 is 1.47 bits per heavy atom. The van der Waals surface area contributed by atoms with Crippen LogP contribution in [0.2, 0.25) is 0 Å². The fourth-order valence-electron chi connectivity index (χ4n) is 2.51. The molecule has 104 valence electrons. The average molecular weight is 262 g/mol. The quantitative estimate of drug-likeness (QED) is 0.742. The van der Waals surface area contributed by atoms with Crippen molar-refractivity contribution >= 4 is 5.91 Å². The molecule has 3 N–H and O–H groups in total. The van der Waals surface area contributed by atoms with E-state index in [4.69, 9.17) is 0 Å². The van der Waals surface area contributed by atoms with Gasteiger partial charge in [-0.3, -0.25) is 4.79 Å². The second kappa shape index (κ2) is 6.17. The number of hydrogen-bond acceptors (Lipinski definition) is 3. The van der Waals surface area contributed by atoms with Gasteiger partial charge in [-0.15, -0.1) is 0 Å². The van der Waals surface area contributed by atoms with Gasteiger partial charge in [-0.2, -0.15) is 0 Å². The standard InChI is InChI=1S/C15H22N2O2/c1-2-13(12-6-4-3-5-7-12)14(18)17-11-15(19)8-9-16-10-15/h3-7,13,16,19H,2,8-11H2,1H3,(H,17,18). The second-order valence-electron chi connectivity index (χ2n) is 5.24. The maximum absolute atomic E-state index is 12.2. The van der Waals surface area contributed by atoms with E-state index in [2.05, 4.69) is 10.6 Å². The number of carbonyl (C=O) groups excluding carboxylic acids is 1. The third-order valence-electron chi connectivity index (χ3n) is 3.74. The highest BCUT2D eigenvalue weighted by Gasteiger charge is 2.32. The van der Waals surface area contributed by atoms with E-state index in [1.54, 1.807) is 0 Å². The summed E-state index contributed by atoms with van der Waals surface area (Å²) in [5, 5.41) is 16.2. The highest BCUT2D eigenvalue weighted by Crippen LogP contribution is 2.20. The minimum atomic E-state index is -0.787. The molecule has 0 spiro atoms. The summed E-state index contributed by atoms with van der Waals surface area (Å²) in [4.78, 5) is 12.2. The number of benzene rings is 1. The molecule has 1 aromatic rings. The molecule has 1 saturated heterocycles. The molecule has 1 fully saturated rings. The average Bonchev–Trinajstić information content (AvgIpc) is 2.86. The summed E-state index contributed by atoms with van der Waals surface area (Å²) < 4.78 is 0. The van der Waals surface area contributed by atoms with Crippen molar-refractivity contribution in [3.8, 4) is 0 Å². The Balaban J connectivity index is 1.94. The van der Waals surface area contributed by atoms with E-state index in [9.17, 15) is 9.90 Å². The molecule has 1 aliphatic rings. The zero-order valence-corrected chi connectivity index (χ0v) is 11.4. The van der Waals surface area contributed by atoms with Gasteiger partial charge in [0.1, 0.15) is 0 Å². The minimum absolute atomic E-state index is 0.00553. The molecule has 0 saturated carbocycles. The van der Waals surface area contributed by atoms with E-state index in [0.29, 0.717) is 19.5 Å². The molecule has 4 nitrogen and oxygen atoms in total. The molecule has 2 rings (SSSR count). The first-order valence-electron chi connectivity index (χ1n) is 6.90. The molecule has 0 aromatic heterocycles. The zero-order valence-electron chi connectivity index (χ0n) is 11.4. The first kappa shape index (κ1) is 14.0. The Labute approximate surface area is 114 Å². The summed E-state index contributed by atoms with van der Waals surface area (Å²) in [6.07, 6.45) is 1.45. The summed E-state index contributed by atoms with van der Waals surface area (Å²) in [6.45, 7) is 3.68. The number of carbonyl (C=O) groups is 1. The van der Waals surface area contributed by atoms with Crippen LogP contribution in [0.5, 0.6) is 0 Å². The monoisotopic (exact) mass is 262 g/mol. The third kappa shape index (κ3) is 3.55. The van der Waals surface area contributed by atoms with Crippen LogP contribution in [-0.4, -0.2) is 36.2 Å².